The number of carboxylic acid groups (broad SMARTS) is 1. The standard InChI is InChI=1S/C21H18O11/c22-12-1-9(2-13(23)18(12)26)7-31-16-4-10(3-14(24)19(16)27)8-32-17-6-11(21(29)30)5-15(25)20(17)28/h1-6,22-28H,7-8H2,(H,29,30). The van der Waals surface area contributed by atoms with Gasteiger partial charge in [0.25, 0.3) is 0 Å². The van der Waals surface area contributed by atoms with Crippen molar-refractivity contribution in [2.45, 2.75) is 13.2 Å². The summed E-state index contributed by atoms with van der Waals surface area (Å²) in [7, 11) is 0. The average Bonchev–Trinajstić information content (AvgIpc) is 2.73. The van der Waals surface area contributed by atoms with Crippen molar-refractivity contribution < 1.29 is 55.1 Å². The highest BCUT2D eigenvalue weighted by molar-refractivity contribution is 5.89. The lowest BCUT2D eigenvalue weighted by molar-refractivity contribution is 0.0695. The highest BCUT2D eigenvalue weighted by Crippen LogP contribution is 2.40. The van der Waals surface area contributed by atoms with Crippen LogP contribution in [0.25, 0.3) is 0 Å². The number of rotatable bonds is 7. The summed E-state index contributed by atoms with van der Waals surface area (Å²) in [5, 5.41) is 77.0. The van der Waals surface area contributed by atoms with Crippen LogP contribution < -0.4 is 9.47 Å². The molecule has 8 N–H and O–H groups in total. The summed E-state index contributed by atoms with van der Waals surface area (Å²) >= 11 is 0. The van der Waals surface area contributed by atoms with Crippen molar-refractivity contribution >= 4 is 5.97 Å². The molecule has 0 unspecified atom stereocenters. The number of hydrogen-bond donors (Lipinski definition) is 8. The summed E-state index contributed by atoms with van der Waals surface area (Å²) < 4.78 is 10.7. The molecule has 0 saturated carbocycles. The SMILES string of the molecule is O=C(O)c1cc(O)c(O)c(OCc2cc(O)c(O)c(OCc3cc(O)c(O)c(O)c3)c2)c1. The van der Waals surface area contributed by atoms with E-state index in [4.69, 9.17) is 14.6 Å². The third-order valence-corrected chi connectivity index (χ3v) is 4.33. The molecule has 3 rings (SSSR count). The molecule has 3 aromatic rings. The number of phenols is 7. The monoisotopic (exact) mass is 446 g/mol. The van der Waals surface area contributed by atoms with Crippen molar-refractivity contribution in [1.82, 2.24) is 0 Å². The van der Waals surface area contributed by atoms with E-state index in [0.29, 0.717) is 0 Å². The first kappa shape index (κ1) is 22.0. The largest absolute Gasteiger partial charge is 0.504 e. The van der Waals surface area contributed by atoms with E-state index >= 15 is 0 Å². The van der Waals surface area contributed by atoms with Crippen molar-refractivity contribution in [2.24, 2.45) is 0 Å². The molecule has 0 aliphatic carbocycles. The smallest absolute Gasteiger partial charge is 0.335 e. The van der Waals surface area contributed by atoms with Crippen molar-refractivity contribution in [3.8, 4) is 51.7 Å². The Morgan fingerprint density at radius 2 is 1.00 bits per heavy atom. The molecule has 0 amide bonds. The fourth-order valence-electron chi connectivity index (χ4n) is 2.73. The van der Waals surface area contributed by atoms with Crippen LogP contribution in [0.1, 0.15) is 21.5 Å². The van der Waals surface area contributed by atoms with Crippen LogP contribution in [-0.2, 0) is 13.2 Å². The Kier molecular flexibility index (Phi) is 5.92. The van der Waals surface area contributed by atoms with Gasteiger partial charge in [0.2, 0.25) is 11.5 Å². The zero-order valence-corrected chi connectivity index (χ0v) is 16.2. The maximum atomic E-state index is 11.1. The molecule has 0 radical (unpaired) electrons. The van der Waals surface area contributed by atoms with E-state index in [1.165, 1.54) is 6.07 Å². The van der Waals surface area contributed by atoms with Gasteiger partial charge in [-0.15, -0.1) is 0 Å². The summed E-state index contributed by atoms with van der Waals surface area (Å²) in [5.74, 6) is -6.27. The molecule has 0 aliphatic rings. The quantitative estimate of drug-likeness (QED) is 0.248. The maximum absolute atomic E-state index is 11.1. The zero-order chi connectivity index (χ0) is 23.6. The van der Waals surface area contributed by atoms with E-state index in [2.05, 4.69) is 0 Å². The van der Waals surface area contributed by atoms with Crippen LogP contribution >= 0.6 is 0 Å². The molecule has 0 aromatic heterocycles. The van der Waals surface area contributed by atoms with E-state index in [0.717, 1.165) is 30.3 Å². The van der Waals surface area contributed by atoms with E-state index in [-0.39, 0.29) is 41.4 Å². The van der Waals surface area contributed by atoms with Gasteiger partial charge in [0.05, 0.1) is 5.56 Å². The van der Waals surface area contributed by atoms with Gasteiger partial charge < -0.3 is 50.3 Å². The molecule has 0 spiro atoms. The summed E-state index contributed by atoms with van der Waals surface area (Å²) in [6.45, 7) is -0.588. The third-order valence-electron chi connectivity index (χ3n) is 4.33. The minimum Gasteiger partial charge on any atom is -0.504 e. The summed E-state index contributed by atoms with van der Waals surface area (Å²) in [6, 6.07) is 6.53. The molecule has 32 heavy (non-hydrogen) atoms. The first-order valence-electron chi connectivity index (χ1n) is 8.90. The number of ether oxygens (including phenoxy) is 2. The highest BCUT2D eigenvalue weighted by Gasteiger charge is 2.17. The highest BCUT2D eigenvalue weighted by atomic mass is 16.5. The Morgan fingerprint density at radius 3 is 1.50 bits per heavy atom. The van der Waals surface area contributed by atoms with Gasteiger partial charge >= 0.3 is 5.97 Å². The van der Waals surface area contributed by atoms with Crippen molar-refractivity contribution in [3.05, 3.63) is 53.1 Å². The summed E-state index contributed by atoms with van der Waals surface area (Å²) in [6.07, 6.45) is 0. The molecule has 0 atom stereocenters. The van der Waals surface area contributed by atoms with Crippen LogP contribution in [0.5, 0.6) is 51.7 Å². The Bertz CT molecular complexity index is 1160. The summed E-state index contributed by atoms with van der Waals surface area (Å²) in [5.41, 5.74) is 0.156. The first-order chi connectivity index (χ1) is 15.1. The van der Waals surface area contributed by atoms with Gasteiger partial charge in [0.15, 0.2) is 40.2 Å². The number of carboxylic acids is 1. The van der Waals surface area contributed by atoms with Crippen LogP contribution in [0.4, 0.5) is 0 Å². The molecule has 0 aliphatic heterocycles. The zero-order valence-electron chi connectivity index (χ0n) is 16.2. The molecular formula is C21H18O11. The van der Waals surface area contributed by atoms with Gasteiger partial charge in [-0.25, -0.2) is 4.79 Å². The van der Waals surface area contributed by atoms with Gasteiger partial charge in [-0.1, -0.05) is 0 Å². The third kappa shape index (κ3) is 4.56. The number of aromatic carboxylic acids is 1. The van der Waals surface area contributed by atoms with Crippen LogP contribution in [0.2, 0.25) is 0 Å². The molecule has 168 valence electrons. The minimum absolute atomic E-state index is 0.193. The molecule has 11 heteroatoms. The molecule has 0 bridgehead atoms. The van der Waals surface area contributed by atoms with Crippen molar-refractivity contribution in [3.63, 3.8) is 0 Å². The molecule has 3 aromatic carbocycles. The van der Waals surface area contributed by atoms with E-state index in [1.54, 1.807) is 0 Å². The minimum atomic E-state index is -1.35. The van der Waals surface area contributed by atoms with E-state index in [9.17, 15) is 40.5 Å². The van der Waals surface area contributed by atoms with Gasteiger partial charge in [-0.05, 0) is 47.5 Å². The number of phenolic OH excluding ortho intramolecular Hbond substituents is 7. The van der Waals surface area contributed by atoms with Gasteiger partial charge in [0, 0.05) is 0 Å². The Hall–Kier alpha value is -4.67. The number of aromatic hydroxyl groups is 7. The predicted molar refractivity (Wildman–Crippen MR) is 107 cm³/mol. The van der Waals surface area contributed by atoms with Gasteiger partial charge in [0.1, 0.15) is 13.2 Å². The average molecular weight is 446 g/mol. The molecule has 0 fully saturated rings. The molecule has 0 heterocycles. The fraction of sp³-hybridized carbons (Fsp3) is 0.0952. The van der Waals surface area contributed by atoms with Gasteiger partial charge in [-0.2, -0.15) is 0 Å². The fourth-order valence-corrected chi connectivity index (χ4v) is 2.73. The lowest BCUT2D eigenvalue weighted by atomic mass is 10.1. The van der Waals surface area contributed by atoms with Gasteiger partial charge in [-0.3, -0.25) is 0 Å². The lowest BCUT2D eigenvalue weighted by Gasteiger charge is -2.14. The normalized spacial score (nSPS) is 10.6. The first-order valence-corrected chi connectivity index (χ1v) is 8.90. The van der Waals surface area contributed by atoms with E-state index in [1.807, 2.05) is 0 Å². The maximum Gasteiger partial charge on any atom is 0.335 e. The lowest BCUT2D eigenvalue weighted by Crippen LogP contribution is -2.01. The molecular weight excluding hydrogens is 428 g/mol. The second-order valence-corrected chi connectivity index (χ2v) is 6.67. The number of benzene rings is 3. The predicted octanol–water partition coefficient (Wildman–Crippen LogP) is 2.48. The van der Waals surface area contributed by atoms with Crippen LogP contribution in [0.15, 0.2) is 36.4 Å². The Morgan fingerprint density at radius 1 is 0.594 bits per heavy atom. The number of carbonyl (C=O) groups is 1. The topological polar surface area (TPSA) is 197 Å². The second kappa shape index (κ2) is 8.60. The van der Waals surface area contributed by atoms with Crippen LogP contribution in [0, 0.1) is 0 Å². The molecule has 11 nitrogen and oxygen atoms in total. The number of hydrogen-bond acceptors (Lipinski definition) is 10. The van der Waals surface area contributed by atoms with Crippen LogP contribution in [0.3, 0.4) is 0 Å². The van der Waals surface area contributed by atoms with Crippen molar-refractivity contribution in [1.29, 1.82) is 0 Å². The second-order valence-electron chi connectivity index (χ2n) is 6.67. The Balaban J connectivity index is 1.79. The van der Waals surface area contributed by atoms with Crippen molar-refractivity contribution in [2.75, 3.05) is 0 Å². The summed E-state index contributed by atoms with van der Waals surface area (Å²) in [4.78, 5) is 11.1. The van der Waals surface area contributed by atoms with E-state index < -0.39 is 46.2 Å². The molecule has 0 saturated heterocycles. The van der Waals surface area contributed by atoms with Crippen LogP contribution in [-0.4, -0.2) is 46.8 Å². The Labute approximate surface area is 179 Å².